The molecular weight excluding hydrogens is 447 g/mol. The Bertz CT molecular complexity index is 1080. The van der Waals surface area contributed by atoms with Crippen molar-refractivity contribution in [2.45, 2.75) is 27.0 Å². The van der Waals surface area contributed by atoms with Gasteiger partial charge in [-0.3, -0.25) is 9.69 Å². The summed E-state index contributed by atoms with van der Waals surface area (Å²) in [4.78, 5) is 17.0. The summed E-state index contributed by atoms with van der Waals surface area (Å²) in [5.74, 6) is 1.75. The third-order valence-corrected chi connectivity index (χ3v) is 6.43. The number of ether oxygens (including phenoxy) is 1. The van der Waals surface area contributed by atoms with Gasteiger partial charge < -0.3 is 14.1 Å². The van der Waals surface area contributed by atoms with Crippen molar-refractivity contribution in [3.8, 4) is 5.75 Å². The van der Waals surface area contributed by atoms with Crippen LogP contribution >= 0.6 is 23.2 Å². The van der Waals surface area contributed by atoms with E-state index in [4.69, 9.17) is 32.4 Å². The van der Waals surface area contributed by atoms with Gasteiger partial charge in [0, 0.05) is 32.7 Å². The smallest absolute Gasteiger partial charge is 0.289 e. The molecule has 1 aromatic heterocycles. The van der Waals surface area contributed by atoms with Gasteiger partial charge in [-0.2, -0.15) is 0 Å². The monoisotopic (exact) mass is 472 g/mol. The number of piperazine rings is 1. The lowest BCUT2D eigenvalue weighted by atomic mass is 10.1. The summed E-state index contributed by atoms with van der Waals surface area (Å²) in [6.45, 7) is 7.96. The third kappa shape index (κ3) is 5.29. The number of carbonyl (C=O) groups excluding carboxylic acids is 1. The number of aryl methyl sites for hydroxylation is 2. The molecule has 0 bridgehead atoms. The average Bonchev–Trinajstić information content (AvgIpc) is 3.25. The molecule has 0 saturated carbocycles. The fraction of sp³-hybridized carbons (Fsp3) is 0.320. The fourth-order valence-electron chi connectivity index (χ4n) is 3.90. The van der Waals surface area contributed by atoms with Crippen LogP contribution in [0.3, 0.4) is 0 Å². The van der Waals surface area contributed by atoms with Crippen molar-refractivity contribution in [3.05, 3.63) is 86.8 Å². The van der Waals surface area contributed by atoms with Gasteiger partial charge in [-0.15, -0.1) is 0 Å². The highest BCUT2D eigenvalue weighted by atomic mass is 35.5. The Morgan fingerprint density at radius 2 is 1.69 bits per heavy atom. The summed E-state index contributed by atoms with van der Waals surface area (Å²) in [7, 11) is 0. The van der Waals surface area contributed by atoms with Gasteiger partial charge in [-0.05, 0) is 54.8 Å². The zero-order valence-electron chi connectivity index (χ0n) is 18.2. The van der Waals surface area contributed by atoms with Crippen LogP contribution < -0.4 is 4.74 Å². The summed E-state index contributed by atoms with van der Waals surface area (Å²) in [5, 5.41) is 1.12. The Kier molecular flexibility index (Phi) is 7.09. The molecule has 3 aromatic rings. The molecule has 168 valence electrons. The first-order valence-electron chi connectivity index (χ1n) is 10.6. The van der Waals surface area contributed by atoms with Crippen LogP contribution in [0.2, 0.25) is 10.0 Å². The second-order valence-corrected chi connectivity index (χ2v) is 8.91. The SMILES string of the molecule is Cc1cccc(C)c1OCc1ccc(C(=O)N2CCN(Cc3ccc(Cl)c(Cl)c3)CC2)o1. The molecule has 1 amide bonds. The number of amides is 1. The number of furan rings is 1. The summed E-state index contributed by atoms with van der Waals surface area (Å²) in [6, 6.07) is 15.3. The van der Waals surface area contributed by atoms with Gasteiger partial charge in [0.25, 0.3) is 5.91 Å². The van der Waals surface area contributed by atoms with Crippen LogP contribution in [0.15, 0.2) is 52.9 Å². The van der Waals surface area contributed by atoms with Crippen LogP contribution in [-0.2, 0) is 13.2 Å². The van der Waals surface area contributed by atoms with Gasteiger partial charge in [0.05, 0.1) is 10.0 Å². The Balaban J connectivity index is 1.30. The quantitative estimate of drug-likeness (QED) is 0.458. The molecule has 4 rings (SSSR count). The lowest BCUT2D eigenvalue weighted by molar-refractivity contribution is 0.0594. The fourth-order valence-corrected chi connectivity index (χ4v) is 4.22. The summed E-state index contributed by atoms with van der Waals surface area (Å²) in [5.41, 5.74) is 3.26. The van der Waals surface area contributed by atoms with Gasteiger partial charge in [-0.1, -0.05) is 47.5 Å². The van der Waals surface area contributed by atoms with E-state index in [1.54, 1.807) is 12.1 Å². The molecule has 1 aliphatic heterocycles. The van der Waals surface area contributed by atoms with E-state index in [9.17, 15) is 4.79 Å². The molecule has 1 aliphatic rings. The van der Waals surface area contributed by atoms with Crippen molar-refractivity contribution >= 4 is 29.1 Å². The lowest BCUT2D eigenvalue weighted by Crippen LogP contribution is -2.48. The zero-order valence-corrected chi connectivity index (χ0v) is 19.7. The van der Waals surface area contributed by atoms with E-state index < -0.39 is 0 Å². The lowest BCUT2D eigenvalue weighted by Gasteiger charge is -2.34. The predicted octanol–water partition coefficient (Wildman–Crippen LogP) is 5.74. The minimum Gasteiger partial charge on any atom is -0.485 e. The number of para-hydroxylation sites is 1. The van der Waals surface area contributed by atoms with E-state index in [0.29, 0.717) is 34.7 Å². The Morgan fingerprint density at radius 1 is 0.969 bits per heavy atom. The number of rotatable bonds is 6. The molecule has 0 aliphatic carbocycles. The van der Waals surface area contributed by atoms with E-state index in [1.807, 2.05) is 55.1 Å². The number of hydrogen-bond acceptors (Lipinski definition) is 4. The van der Waals surface area contributed by atoms with E-state index in [-0.39, 0.29) is 12.5 Å². The zero-order chi connectivity index (χ0) is 22.7. The number of halogens is 2. The molecule has 1 saturated heterocycles. The summed E-state index contributed by atoms with van der Waals surface area (Å²) in [6.07, 6.45) is 0. The van der Waals surface area contributed by atoms with Crippen molar-refractivity contribution < 1.29 is 13.9 Å². The van der Waals surface area contributed by atoms with Gasteiger partial charge in [0.15, 0.2) is 5.76 Å². The minimum absolute atomic E-state index is 0.0856. The highest BCUT2D eigenvalue weighted by Crippen LogP contribution is 2.25. The summed E-state index contributed by atoms with van der Waals surface area (Å²) >= 11 is 12.1. The average molecular weight is 473 g/mol. The van der Waals surface area contributed by atoms with Crippen molar-refractivity contribution in [1.29, 1.82) is 0 Å². The number of carbonyl (C=O) groups is 1. The third-order valence-electron chi connectivity index (χ3n) is 5.69. The molecule has 2 heterocycles. The standard InChI is InChI=1S/C25H26Cl2N2O3/c1-17-4-3-5-18(2)24(17)31-16-20-7-9-23(32-20)25(30)29-12-10-28(11-13-29)15-19-6-8-21(26)22(27)14-19/h3-9,14H,10-13,15-16H2,1-2H3. The molecule has 0 unspecified atom stereocenters. The van der Waals surface area contributed by atoms with E-state index >= 15 is 0 Å². The highest BCUT2D eigenvalue weighted by molar-refractivity contribution is 6.42. The maximum atomic E-state index is 12.9. The second kappa shape index (κ2) is 9.99. The Labute approximate surface area is 198 Å². The van der Waals surface area contributed by atoms with Crippen molar-refractivity contribution in [2.75, 3.05) is 26.2 Å². The van der Waals surface area contributed by atoms with E-state index in [2.05, 4.69) is 4.90 Å². The van der Waals surface area contributed by atoms with Gasteiger partial charge in [0.1, 0.15) is 18.1 Å². The van der Waals surface area contributed by atoms with E-state index in [0.717, 1.165) is 42.1 Å². The number of hydrogen-bond donors (Lipinski definition) is 0. The van der Waals surface area contributed by atoms with Crippen LogP contribution in [0.5, 0.6) is 5.75 Å². The van der Waals surface area contributed by atoms with Crippen LogP contribution in [-0.4, -0.2) is 41.9 Å². The molecule has 5 nitrogen and oxygen atoms in total. The normalized spacial score (nSPS) is 14.6. The molecule has 0 N–H and O–H groups in total. The molecule has 0 atom stereocenters. The topological polar surface area (TPSA) is 45.9 Å². The van der Waals surface area contributed by atoms with E-state index in [1.165, 1.54) is 0 Å². The molecule has 0 spiro atoms. The number of nitrogens with zero attached hydrogens (tertiary/aromatic N) is 2. The van der Waals surface area contributed by atoms with Crippen LogP contribution in [0, 0.1) is 13.8 Å². The molecule has 1 fully saturated rings. The minimum atomic E-state index is -0.0856. The maximum absolute atomic E-state index is 12.9. The maximum Gasteiger partial charge on any atom is 0.289 e. The Morgan fingerprint density at radius 3 is 2.38 bits per heavy atom. The van der Waals surface area contributed by atoms with Crippen LogP contribution in [0.1, 0.15) is 33.0 Å². The van der Waals surface area contributed by atoms with Crippen molar-refractivity contribution in [3.63, 3.8) is 0 Å². The first-order chi connectivity index (χ1) is 15.4. The molecule has 0 radical (unpaired) electrons. The van der Waals surface area contributed by atoms with Gasteiger partial charge in [0.2, 0.25) is 0 Å². The second-order valence-electron chi connectivity index (χ2n) is 8.09. The van der Waals surface area contributed by atoms with Gasteiger partial charge >= 0.3 is 0 Å². The molecule has 32 heavy (non-hydrogen) atoms. The first kappa shape index (κ1) is 22.7. The van der Waals surface area contributed by atoms with Crippen LogP contribution in [0.25, 0.3) is 0 Å². The van der Waals surface area contributed by atoms with Crippen LogP contribution in [0.4, 0.5) is 0 Å². The molecular formula is C25H26Cl2N2O3. The molecule has 7 heteroatoms. The molecule has 2 aromatic carbocycles. The van der Waals surface area contributed by atoms with Crippen molar-refractivity contribution in [2.24, 2.45) is 0 Å². The van der Waals surface area contributed by atoms with Crippen molar-refractivity contribution in [1.82, 2.24) is 9.80 Å². The highest BCUT2D eigenvalue weighted by Gasteiger charge is 2.24. The number of benzene rings is 2. The summed E-state index contributed by atoms with van der Waals surface area (Å²) < 4.78 is 11.7. The first-order valence-corrected chi connectivity index (χ1v) is 11.4. The Hall–Kier alpha value is -2.47. The predicted molar refractivity (Wildman–Crippen MR) is 127 cm³/mol. The largest absolute Gasteiger partial charge is 0.485 e. The van der Waals surface area contributed by atoms with Gasteiger partial charge in [-0.25, -0.2) is 0 Å².